The first kappa shape index (κ1) is 83.8. The molecule has 15 aromatic carbocycles. The molecule has 10 heteroatoms. The zero-order valence-electron chi connectivity index (χ0n) is 73.9. The average molecular weight is 1760 g/mol. The summed E-state index contributed by atoms with van der Waals surface area (Å²) in [6.45, 7) is 19.8. The molecule has 20 rings (SSSR count). The molecular weight excluding hydrogens is 1660 g/mol. The number of allylic oxidation sites excluding steroid dienone is 4. The van der Waals surface area contributed by atoms with E-state index in [4.69, 9.17) is 34.1 Å². The second-order valence-corrected chi connectivity index (χ2v) is 33.3. The van der Waals surface area contributed by atoms with Crippen molar-refractivity contribution in [1.29, 1.82) is 0 Å². The SMILES string of the molecule is CCC1=C(CC)c2cc3[n-]c(c(CC)c3CC)c(-c3ccc(OCc4cccc(OCc5ccc(-c6c7ccccc7c(-c7ccc(COCc8ccc(N(c9ccccc9)c9cc%10ccc(N(c%11ccccc%11)c%11ccccc%11)c%11ccc%12cccc9c%12c%10%11)cc8)cc7)c7ccccc67)cc5)c4)cc3)c3nc(cc4[n-]c(cc1n2)c(CC)c4CC)C(CC)=C3CC.[Pd+2]. The molecule has 0 unspecified atom stereocenters. The van der Waals surface area contributed by atoms with E-state index >= 15 is 0 Å². The van der Waals surface area contributed by atoms with Gasteiger partial charge in [-0.25, -0.2) is 9.97 Å². The van der Waals surface area contributed by atoms with Gasteiger partial charge in [-0.05, 0) is 257 Å². The molecular formula is C118H102N6O3Pd. The summed E-state index contributed by atoms with van der Waals surface area (Å²) >= 11 is 0. The minimum absolute atomic E-state index is 0. The van der Waals surface area contributed by atoms with Gasteiger partial charge in [0.1, 0.15) is 24.7 Å². The fourth-order valence-electron chi connectivity index (χ4n) is 20.1. The number of rotatable bonds is 27. The van der Waals surface area contributed by atoms with Gasteiger partial charge >= 0.3 is 20.4 Å². The van der Waals surface area contributed by atoms with Crippen molar-refractivity contribution in [2.75, 3.05) is 9.80 Å². The van der Waals surface area contributed by atoms with Crippen molar-refractivity contribution in [3.05, 3.63) is 395 Å². The maximum atomic E-state index is 6.65. The quantitative estimate of drug-likeness (QED) is 0.0284. The Balaban J connectivity index is 0.0000107. The van der Waals surface area contributed by atoms with Crippen molar-refractivity contribution in [2.24, 2.45) is 0 Å². The van der Waals surface area contributed by atoms with Gasteiger partial charge in [-0.15, -0.1) is 22.1 Å². The largest absolute Gasteiger partial charge is 2.00 e. The zero-order valence-corrected chi connectivity index (χ0v) is 75.4. The van der Waals surface area contributed by atoms with Crippen LogP contribution in [0, 0.1) is 0 Å². The Bertz CT molecular complexity index is 7320. The fourth-order valence-corrected chi connectivity index (χ4v) is 20.1. The van der Waals surface area contributed by atoms with Crippen molar-refractivity contribution >= 4 is 132 Å². The van der Waals surface area contributed by atoms with E-state index in [9.17, 15) is 0 Å². The number of hydrogen-bond acceptors (Lipinski definition) is 7. The van der Waals surface area contributed by atoms with Crippen LogP contribution in [0.1, 0.15) is 148 Å². The second kappa shape index (κ2) is 36.7. The second-order valence-electron chi connectivity index (χ2n) is 33.3. The molecule has 0 amide bonds. The van der Waals surface area contributed by atoms with E-state index in [2.05, 4.69) is 381 Å². The Morgan fingerprint density at radius 3 is 1.21 bits per heavy atom. The fraction of sp³-hybridized carbons (Fsp3) is 0.169. The molecule has 0 saturated carbocycles. The summed E-state index contributed by atoms with van der Waals surface area (Å²) in [5.74, 6) is 1.56. The molecule has 9 nitrogen and oxygen atoms in total. The van der Waals surface area contributed by atoms with Crippen LogP contribution in [-0.4, -0.2) is 9.97 Å². The summed E-state index contributed by atoms with van der Waals surface area (Å²) in [5, 5.41) is 12.1. The zero-order chi connectivity index (χ0) is 86.2. The van der Waals surface area contributed by atoms with Gasteiger partial charge in [0.25, 0.3) is 0 Å². The van der Waals surface area contributed by atoms with Crippen LogP contribution < -0.4 is 29.2 Å². The Kier molecular flexibility index (Phi) is 24.0. The topological polar surface area (TPSA) is 88.2 Å². The molecule has 632 valence electrons. The van der Waals surface area contributed by atoms with Gasteiger partial charge in [0, 0.05) is 33.5 Å². The molecule has 0 fully saturated rings. The normalized spacial score (nSPS) is 12.2. The van der Waals surface area contributed by atoms with Gasteiger partial charge in [0.05, 0.1) is 47.4 Å². The molecule has 2 aliphatic rings. The molecule has 8 bridgehead atoms. The summed E-state index contributed by atoms with van der Waals surface area (Å²) in [4.78, 5) is 27.1. The summed E-state index contributed by atoms with van der Waals surface area (Å²) < 4.78 is 19.8. The molecule has 0 spiro atoms. The third-order valence-electron chi connectivity index (χ3n) is 26.1. The van der Waals surface area contributed by atoms with Gasteiger partial charge in [0.15, 0.2) is 0 Å². The smallest absolute Gasteiger partial charge is 0.657 e. The molecule has 5 heterocycles. The van der Waals surface area contributed by atoms with Crippen LogP contribution in [0.2, 0.25) is 0 Å². The Labute approximate surface area is 764 Å². The predicted molar refractivity (Wildman–Crippen MR) is 532 cm³/mol. The molecule has 0 saturated heterocycles. The average Bonchev–Trinajstić information content (AvgIpc) is 0.849. The van der Waals surface area contributed by atoms with E-state index < -0.39 is 0 Å². The first-order valence-corrected chi connectivity index (χ1v) is 45.5. The number of anilines is 6. The Morgan fingerprint density at radius 2 is 0.680 bits per heavy atom. The number of fused-ring (bicyclic) bond motifs is 10. The Morgan fingerprint density at radius 1 is 0.273 bits per heavy atom. The number of aryl methyl sites for hydroxylation is 4. The van der Waals surface area contributed by atoms with Crippen molar-refractivity contribution in [1.82, 2.24) is 19.9 Å². The van der Waals surface area contributed by atoms with E-state index in [1.54, 1.807) is 0 Å². The number of benzene rings is 15. The number of ether oxygens (including phenoxy) is 3. The summed E-state index contributed by atoms with van der Waals surface area (Å²) in [7, 11) is 0. The molecule has 0 radical (unpaired) electrons. The Hall–Kier alpha value is -13.7. The minimum Gasteiger partial charge on any atom is -0.657 e. The molecule has 2 aliphatic heterocycles. The van der Waals surface area contributed by atoms with Crippen molar-refractivity contribution in [3.8, 4) is 44.9 Å². The van der Waals surface area contributed by atoms with Crippen LogP contribution in [0.15, 0.2) is 328 Å². The van der Waals surface area contributed by atoms with Gasteiger partial charge in [-0.2, -0.15) is 0 Å². The molecule has 3 aromatic heterocycles. The standard InChI is InChI=1S/C118H102N6O3.Pd/c1-9-90-92(11-3)106-69-108-94(13-5)96(15-7)117(121-108)116(118-97(16-8)95(14-6)109(122-118)70-107-93(12-4)91(10-2)105(120-107)68-104(90)119-106)82-56-62-88(63-57-82)126-74-78-32-30-40-89(66-78)127-73-77-48-54-81(55-49-77)113-100-43-28-26-41-98(100)112(99-42-27-29-44-101(99)113)80-52-46-75(47-53-80)71-125-72-76-50-60-87(61-51-76)124(86-38-24-19-25-39-86)111-67-83-59-65-110(103-64-58-79-33-31-45-102(111)114(79)115(83)103)123(84-34-20-17-21-35-84)85-36-22-18-23-37-85;/h17-70H,9-16,71-74H2,1-8H3;/q-2;+2. The maximum Gasteiger partial charge on any atom is 2.00 e. The minimum atomic E-state index is 0. The molecule has 128 heavy (non-hydrogen) atoms. The number of aromatic nitrogens is 4. The van der Waals surface area contributed by atoms with E-state index in [0.29, 0.717) is 26.4 Å². The van der Waals surface area contributed by atoms with Gasteiger partial charge < -0.3 is 34.0 Å². The van der Waals surface area contributed by atoms with Gasteiger partial charge in [-0.1, -0.05) is 320 Å². The summed E-state index contributed by atoms with van der Waals surface area (Å²) in [5.41, 5.74) is 36.0. The molecule has 18 aromatic rings. The third-order valence-corrected chi connectivity index (χ3v) is 26.1. The van der Waals surface area contributed by atoms with Gasteiger partial charge in [-0.3, -0.25) is 0 Å². The summed E-state index contributed by atoms with van der Waals surface area (Å²) in [6.07, 6.45) is 6.89. The maximum absolute atomic E-state index is 6.65. The summed E-state index contributed by atoms with van der Waals surface area (Å²) in [6, 6.07) is 119. The van der Waals surface area contributed by atoms with Crippen LogP contribution >= 0.6 is 0 Å². The van der Waals surface area contributed by atoms with E-state index in [-0.39, 0.29) is 20.4 Å². The number of para-hydroxylation sites is 3. The van der Waals surface area contributed by atoms with Crippen LogP contribution in [0.3, 0.4) is 0 Å². The van der Waals surface area contributed by atoms with Crippen LogP contribution in [0.4, 0.5) is 34.1 Å². The van der Waals surface area contributed by atoms with E-state index in [0.717, 1.165) is 186 Å². The van der Waals surface area contributed by atoms with Crippen molar-refractivity contribution in [2.45, 2.75) is 133 Å². The van der Waals surface area contributed by atoms with E-state index in [1.165, 1.54) is 110 Å². The van der Waals surface area contributed by atoms with Gasteiger partial charge in [0.2, 0.25) is 0 Å². The first-order valence-electron chi connectivity index (χ1n) is 45.5. The molecule has 0 aliphatic carbocycles. The molecule has 0 N–H and O–H groups in total. The number of nitrogens with zero attached hydrogens (tertiary/aromatic N) is 6. The number of hydrogen-bond donors (Lipinski definition) is 0. The van der Waals surface area contributed by atoms with Crippen molar-refractivity contribution < 1.29 is 34.6 Å². The van der Waals surface area contributed by atoms with Crippen LogP contribution in [0.25, 0.3) is 132 Å². The molecule has 0 atom stereocenters. The van der Waals surface area contributed by atoms with Crippen LogP contribution in [-0.2, 0) is 77.3 Å². The third kappa shape index (κ3) is 15.6. The van der Waals surface area contributed by atoms with Crippen molar-refractivity contribution in [3.63, 3.8) is 0 Å². The first-order chi connectivity index (χ1) is 62.6. The predicted octanol–water partition coefficient (Wildman–Crippen LogP) is 31.3. The van der Waals surface area contributed by atoms with Crippen LogP contribution in [0.5, 0.6) is 11.5 Å². The monoisotopic (exact) mass is 1760 g/mol. The van der Waals surface area contributed by atoms with E-state index in [1.807, 2.05) is 12.1 Å².